The van der Waals surface area contributed by atoms with Crippen LogP contribution in [0.2, 0.25) is 0 Å². The summed E-state index contributed by atoms with van der Waals surface area (Å²) in [7, 11) is 0. The van der Waals surface area contributed by atoms with Crippen LogP contribution >= 0.6 is 0 Å². The van der Waals surface area contributed by atoms with Gasteiger partial charge in [-0.05, 0) is 24.3 Å². The summed E-state index contributed by atoms with van der Waals surface area (Å²) in [5.74, 6) is -1.46. The van der Waals surface area contributed by atoms with Gasteiger partial charge in [0.05, 0.1) is 25.4 Å². The summed E-state index contributed by atoms with van der Waals surface area (Å²) in [6, 6.07) is 7.68. The highest BCUT2D eigenvalue weighted by Crippen LogP contribution is 2.46. The third-order valence-electron chi connectivity index (χ3n) is 9.14. The van der Waals surface area contributed by atoms with Crippen molar-refractivity contribution in [3.63, 3.8) is 0 Å². The third-order valence-corrected chi connectivity index (χ3v) is 9.14. The second-order valence-electron chi connectivity index (χ2n) is 12.5. The van der Waals surface area contributed by atoms with Gasteiger partial charge in [-0.25, -0.2) is 0 Å². The smallest absolute Gasteiger partial charge is 0.229 e. The molecule has 0 bridgehead atoms. The summed E-state index contributed by atoms with van der Waals surface area (Å²) in [6.45, 7) is -2.26. The molecule has 0 saturated carbocycles. The molecule has 19 nitrogen and oxygen atoms in total. The molecule has 0 radical (unpaired) electrons. The van der Waals surface area contributed by atoms with E-state index in [1.54, 1.807) is 0 Å². The normalized spacial score (nSPS) is 37.4. The van der Waals surface area contributed by atoms with E-state index < -0.39 is 134 Å². The fraction of sp³-hybridized carbons (Fsp3) is 0.531. The molecule has 0 aliphatic carbocycles. The van der Waals surface area contributed by atoms with Gasteiger partial charge in [-0.1, -0.05) is 0 Å². The predicted molar refractivity (Wildman–Crippen MR) is 165 cm³/mol. The van der Waals surface area contributed by atoms with E-state index in [4.69, 9.17) is 28.1 Å². The molecule has 3 saturated heterocycles. The van der Waals surface area contributed by atoms with Crippen molar-refractivity contribution in [1.29, 1.82) is 0 Å². The standard InChI is InChI=1S/C32H38O19/c33-7-17-22(39)25(42)27(44)31(49-17)48-16-6-15-19(12(36)5-14(47-15)10-1-3-11(35)4-2-10)24(41)20(16)29-30(21(38)13(37)9-46-29)51-32-28(45)26(43)23(40)18(8-34)50-32/h1-6,13,17-18,21-23,25-35,37-45H,7-9H2/t13-,17+,18+,21-,22+,23+,25-,26-,27+,28+,29-,30+,31+,32-/m0/s1. The lowest BCUT2D eigenvalue weighted by atomic mass is 9.91. The Labute approximate surface area is 286 Å². The van der Waals surface area contributed by atoms with E-state index in [1.807, 2.05) is 0 Å². The van der Waals surface area contributed by atoms with Gasteiger partial charge in [-0.2, -0.15) is 0 Å². The maximum absolute atomic E-state index is 13.6. The van der Waals surface area contributed by atoms with Crippen LogP contribution in [-0.2, 0) is 18.9 Å². The Kier molecular flexibility index (Phi) is 10.8. The van der Waals surface area contributed by atoms with Crippen molar-refractivity contribution in [2.24, 2.45) is 0 Å². The third kappa shape index (κ3) is 6.90. The molecule has 2 aromatic carbocycles. The second-order valence-corrected chi connectivity index (χ2v) is 12.5. The Bertz CT molecular complexity index is 1730. The van der Waals surface area contributed by atoms with Crippen molar-refractivity contribution in [3.8, 4) is 28.6 Å². The quantitative estimate of drug-likeness (QED) is 0.105. The zero-order valence-corrected chi connectivity index (χ0v) is 26.4. The molecule has 3 aromatic rings. The van der Waals surface area contributed by atoms with Crippen LogP contribution in [0.4, 0.5) is 0 Å². The zero-order valence-electron chi connectivity index (χ0n) is 26.4. The molecule has 12 N–H and O–H groups in total. The maximum atomic E-state index is 13.6. The molecule has 51 heavy (non-hydrogen) atoms. The first-order chi connectivity index (χ1) is 24.2. The molecule has 6 rings (SSSR count). The summed E-state index contributed by atoms with van der Waals surface area (Å²) in [4.78, 5) is 13.6. The Balaban J connectivity index is 1.49. The summed E-state index contributed by atoms with van der Waals surface area (Å²) in [5.41, 5.74) is -1.26. The molecule has 19 heteroatoms. The van der Waals surface area contributed by atoms with E-state index >= 15 is 0 Å². The first-order valence-corrected chi connectivity index (χ1v) is 15.8. The van der Waals surface area contributed by atoms with Gasteiger partial charge in [-0.15, -0.1) is 0 Å². The van der Waals surface area contributed by atoms with Crippen molar-refractivity contribution >= 4 is 11.0 Å². The van der Waals surface area contributed by atoms with E-state index in [-0.39, 0.29) is 17.1 Å². The van der Waals surface area contributed by atoms with Crippen molar-refractivity contribution in [2.45, 2.75) is 85.8 Å². The molecular weight excluding hydrogens is 688 g/mol. The first-order valence-electron chi connectivity index (χ1n) is 15.8. The van der Waals surface area contributed by atoms with Gasteiger partial charge in [0.2, 0.25) is 6.29 Å². The van der Waals surface area contributed by atoms with Gasteiger partial charge >= 0.3 is 0 Å². The van der Waals surface area contributed by atoms with Crippen molar-refractivity contribution in [1.82, 2.24) is 0 Å². The fourth-order valence-electron chi connectivity index (χ4n) is 6.25. The monoisotopic (exact) mass is 726 g/mol. The van der Waals surface area contributed by atoms with Crippen LogP contribution < -0.4 is 10.2 Å². The van der Waals surface area contributed by atoms with Crippen LogP contribution in [0, 0.1) is 0 Å². The van der Waals surface area contributed by atoms with Crippen LogP contribution in [0.15, 0.2) is 45.6 Å². The Morgan fingerprint density at radius 3 is 1.92 bits per heavy atom. The number of phenols is 2. The molecule has 4 heterocycles. The molecule has 0 spiro atoms. The van der Waals surface area contributed by atoms with Crippen LogP contribution in [0.3, 0.4) is 0 Å². The maximum Gasteiger partial charge on any atom is 0.229 e. The molecule has 280 valence electrons. The Morgan fingerprint density at radius 1 is 0.725 bits per heavy atom. The number of benzene rings is 2. The van der Waals surface area contributed by atoms with E-state index in [0.29, 0.717) is 5.56 Å². The highest BCUT2D eigenvalue weighted by atomic mass is 16.7. The number of aliphatic hydroxyl groups is 10. The largest absolute Gasteiger partial charge is 0.508 e. The number of aliphatic hydroxyl groups excluding tert-OH is 10. The highest BCUT2D eigenvalue weighted by Gasteiger charge is 2.51. The molecule has 3 fully saturated rings. The summed E-state index contributed by atoms with van der Waals surface area (Å²) in [5, 5.41) is 125. The molecule has 3 aliphatic rings. The number of rotatable bonds is 8. The summed E-state index contributed by atoms with van der Waals surface area (Å²) in [6.07, 6.45) is -25.0. The topological polar surface area (TPSA) is 319 Å². The number of aromatic hydroxyl groups is 2. The van der Waals surface area contributed by atoms with E-state index in [0.717, 1.165) is 12.1 Å². The van der Waals surface area contributed by atoms with Crippen molar-refractivity contribution in [2.75, 3.05) is 19.8 Å². The SMILES string of the molecule is O=c1cc(-c2ccc(O)cc2)oc2cc(O[C@@H]3O[C@H](CO)[C@@H](O)[C@H](O)[C@H]3O)c([C@@H]3OC[C@H](O)[C@H](O)[C@H]3O[C@@H]3O[C@H](CO)[C@@H](O)[C@H](O)[C@H]3O)c(O)c12. The fourth-order valence-corrected chi connectivity index (χ4v) is 6.25. The Hall–Kier alpha value is -3.51. The van der Waals surface area contributed by atoms with Gasteiger partial charge in [0.1, 0.15) is 107 Å². The lowest BCUT2D eigenvalue weighted by molar-refractivity contribution is -0.336. The van der Waals surface area contributed by atoms with Crippen LogP contribution in [0.5, 0.6) is 17.2 Å². The lowest BCUT2D eigenvalue weighted by Gasteiger charge is -2.45. The van der Waals surface area contributed by atoms with Gasteiger partial charge < -0.3 is 89.4 Å². The molecule has 0 unspecified atom stereocenters. The molecular formula is C32H38O19. The number of fused-ring (bicyclic) bond motifs is 1. The second kappa shape index (κ2) is 14.8. The minimum Gasteiger partial charge on any atom is -0.508 e. The first kappa shape index (κ1) is 37.3. The van der Waals surface area contributed by atoms with Crippen molar-refractivity contribution < 1.29 is 89.4 Å². The average Bonchev–Trinajstić information content (AvgIpc) is 3.11. The average molecular weight is 727 g/mol. The molecule has 14 atom stereocenters. The number of phenolic OH excluding ortho intramolecular Hbond substituents is 2. The van der Waals surface area contributed by atoms with E-state index in [2.05, 4.69) is 0 Å². The minimum absolute atomic E-state index is 0.0188. The lowest BCUT2D eigenvalue weighted by Crippen LogP contribution is -2.61. The van der Waals surface area contributed by atoms with Gasteiger partial charge in [0.15, 0.2) is 11.7 Å². The highest BCUT2D eigenvalue weighted by molar-refractivity contribution is 5.88. The Morgan fingerprint density at radius 2 is 1.31 bits per heavy atom. The molecule has 3 aliphatic heterocycles. The zero-order chi connectivity index (χ0) is 36.9. The van der Waals surface area contributed by atoms with E-state index in [1.165, 1.54) is 24.3 Å². The van der Waals surface area contributed by atoms with Gasteiger partial charge in [0, 0.05) is 17.7 Å². The molecule has 0 amide bonds. The van der Waals surface area contributed by atoms with Crippen LogP contribution in [0.25, 0.3) is 22.3 Å². The molecule has 1 aromatic heterocycles. The van der Waals surface area contributed by atoms with Crippen LogP contribution in [0.1, 0.15) is 11.7 Å². The summed E-state index contributed by atoms with van der Waals surface area (Å²) < 4.78 is 34.3. The number of hydrogen-bond acceptors (Lipinski definition) is 19. The van der Waals surface area contributed by atoms with Gasteiger partial charge in [-0.3, -0.25) is 4.79 Å². The van der Waals surface area contributed by atoms with Crippen molar-refractivity contribution in [3.05, 3.63) is 52.2 Å². The predicted octanol–water partition coefficient (Wildman–Crippen LogP) is -3.97. The van der Waals surface area contributed by atoms with Gasteiger partial charge in [0.25, 0.3) is 0 Å². The number of hydrogen-bond donors (Lipinski definition) is 12. The van der Waals surface area contributed by atoms with E-state index in [9.17, 15) is 66.1 Å². The minimum atomic E-state index is -1.98. The summed E-state index contributed by atoms with van der Waals surface area (Å²) >= 11 is 0. The van der Waals surface area contributed by atoms with Crippen LogP contribution in [-0.4, -0.2) is 161 Å². The number of ether oxygens (including phenoxy) is 5.